The van der Waals surface area contributed by atoms with Gasteiger partial charge in [0.2, 0.25) is 17.5 Å². The van der Waals surface area contributed by atoms with Crippen molar-refractivity contribution in [1.29, 1.82) is 0 Å². The van der Waals surface area contributed by atoms with E-state index in [9.17, 15) is 34.8 Å². The van der Waals surface area contributed by atoms with Crippen LogP contribution in [0.25, 0.3) is 27.9 Å². The second-order valence-corrected chi connectivity index (χ2v) is 17.7. The van der Waals surface area contributed by atoms with Crippen LogP contribution < -0.4 is 15.2 Å². The number of aryl methyl sites for hydroxylation is 2. The number of methoxy groups -OCH3 is 1. The molecule has 5 heterocycles. The predicted octanol–water partition coefficient (Wildman–Crippen LogP) is 3.39. The van der Waals surface area contributed by atoms with Gasteiger partial charge in [0.1, 0.15) is 47.5 Å². The molecule has 7 aromatic rings. The van der Waals surface area contributed by atoms with E-state index in [1.54, 1.807) is 28.5 Å². The summed E-state index contributed by atoms with van der Waals surface area (Å²) < 4.78 is 31.7. The Morgan fingerprint density at radius 3 is 2.47 bits per heavy atom. The summed E-state index contributed by atoms with van der Waals surface area (Å²) >= 11 is 2.18. The van der Waals surface area contributed by atoms with E-state index in [1.807, 2.05) is 38.1 Å². The maximum absolute atomic E-state index is 13.7. The number of carbonyl (C=O) groups excluding carboxylic acids is 3. The van der Waals surface area contributed by atoms with Crippen molar-refractivity contribution in [2.75, 3.05) is 13.7 Å². The number of hydrogen-bond acceptors (Lipinski definition) is 19. The zero-order valence-electron chi connectivity index (χ0n) is 35.7. The molecule has 3 aromatic carbocycles. The fourth-order valence-corrected chi connectivity index (χ4v) is 9.09. The van der Waals surface area contributed by atoms with Crippen LogP contribution in [-0.2, 0) is 34.3 Å². The van der Waals surface area contributed by atoms with E-state index in [1.165, 1.54) is 25.3 Å². The first-order valence-electron chi connectivity index (χ1n) is 20.6. The number of aromatic nitrogens is 8. The average Bonchev–Trinajstić information content (AvgIpc) is 4.06. The van der Waals surface area contributed by atoms with Crippen molar-refractivity contribution in [1.82, 2.24) is 40.0 Å². The molecule has 0 bridgehead atoms. The number of fused-ring (bicyclic) bond motifs is 6. The number of nitrogens with zero attached hydrogens (tertiary/aromatic N) is 8. The lowest BCUT2D eigenvalue weighted by Gasteiger charge is -2.42. The summed E-state index contributed by atoms with van der Waals surface area (Å²) in [5, 5.41) is 70.5. The van der Waals surface area contributed by atoms with E-state index >= 15 is 0 Å². The molecule has 0 saturated carbocycles. The van der Waals surface area contributed by atoms with E-state index < -0.39 is 77.4 Å². The normalized spacial score (nSPS) is 22.3. The molecule has 6 atom stereocenters. The summed E-state index contributed by atoms with van der Waals surface area (Å²) in [6.07, 6.45) is -1.35. The number of aliphatic hydroxyl groups excluding tert-OH is 1. The lowest BCUT2D eigenvalue weighted by atomic mass is 9.72. The third-order valence-electron chi connectivity index (χ3n) is 11.8. The number of carbonyl (C=O) groups is 3. The number of aliphatic hydroxyl groups is 2. The van der Waals surface area contributed by atoms with Gasteiger partial charge in [-0.25, -0.2) is 0 Å². The van der Waals surface area contributed by atoms with Gasteiger partial charge < -0.3 is 49.6 Å². The summed E-state index contributed by atoms with van der Waals surface area (Å²) in [6, 6.07) is 13.7. The Bertz CT molecular complexity index is 3070. The van der Waals surface area contributed by atoms with Crippen molar-refractivity contribution in [2.24, 2.45) is 12.8 Å². The molecule has 0 spiro atoms. The SMILES string of the molecule is COc1cccc2c1C(=O)c1c(O)c3c(c(O)c1C2=O)C[C@@](O)(C(=O)CO)C[C@@H]3O[C@H]1C[C@H](N)[C@H](I)[C@H](C)O1.Cc1cc(-c2nnc3c4ccccc4c(OCc4cn(C)nn4)nn23)no1. The Morgan fingerprint density at radius 1 is 1.03 bits per heavy atom. The first-order chi connectivity index (χ1) is 31.6. The van der Waals surface area contributed by atoms with Gasteiger partial charge in [-0.15, -0.1) is 20.4 Å². The zero-order valence-corrected chi connectivity index (χ0v) is 37.9. The van der Waals surface area contributed by atoms with Crippen LogP contribution in [0.3, 0.4) is 0 Å². The molecule has 21 nitrogen and oxygen atoms in total. The van der Waals surface area contributed by atoms with Crippen molar-refractivity contribution < 1.29 is 58.3 Å². The molecule has 22 heteroatoms. The van der Waals surface area contributed by atoms with Gasteiger partial charge in [-0.1, -0.05) is 63.3 Å². The number of benzene rings is 3. The van der Waals surface area contributed by atoms with Gasteiger partial charge in [0, 0.05) is 65.9 Å². The van der Waals surface area contributed by atoms with E-state index in [2.05, 4.69) is 53.4 Å². The maximum atomic E-state index is 13.7. The van der Waals surface area contributed by atoms with Crippen molar-refractivity contribution in [3.63, 3.8) is 0 Å². The maximum Gasteiger partial charge on any atom is 0.240 e. The highest BCUT2D eigenvalue weighted by atomic mass is 127. The third kappa shape index (κ3) is 7.71. The van der Waals surface area contributed by atoms with Crippen LogP contribution in [0.2, 0.25) is 0 Å². The monoisotopic (exact) mass is 1020 g/mol. The van der Waals surface area contributed by atoms with Crippen molar-refractivity contribution in [3.05, 3.63) is 99.6 Å². The van der Waals surface area contributed by atoms with Gasteiger partial charge in [-0.05, 0) is 26.0 Å². The molecule has 1 fully saturated rings. The minimum Gasteiger partial charge on any atom is -0.507 e. The summed E-state index contributed by atoms with van der Waals surface area (Å²) in [4.78, 5) is 39.8. The molecule has 3 aliphatic rings. The smallest absolute Gasteiger partial charge is 0.240 e. The summed E-state index contributed by atoms with van der Waals surface area (Å²) in [5.74, 6) is -1.95. The molecular weight excluding hydrogens is 973 g/mol. The highest BCUT2D eigenvalue weighted by molar-refractivity contribution is 14.1. The minimum absolute atomic E-state index is 0.00265. The van der Waals surface area contributed by atoms with Gasteiger partial charge >= 0.3 is 0 Å². The zero-order chi connectivity index (χ0) is 46.8. The van der Waals surface area contributed by atoms with Gasteiger partial charge in [-0.3, -0.25) is 19.1 Å². The largest absolute Gasteiger partial charge is 0.507 e. The van der Waals surface area contributed by atoms with E-state index in [-0.39, 0.29) is 57.1 Å². The number of Topliss-reactive ketones (excluding diaryl/α,β-unsaturated/α-hetero) is 1. The topological polar surface area (TPSA) is 295 Å². The molecule has 0 radical (unpaired) electrons. The van der Waals surface area contributed by atoms with Crippen LogP contribution in [-0.4, -0.2) is 119 Å². The number of ketones is 3. The Balaban J connectivity index is 0.000000177. The number of rotatable bonds is 9. The van der Waals surface area contributed by atoms with Crippen LogP contribution >= 0.6 is 22.6 Å². The highest BCUT2D eigenvalue weighted by Gasteiger charge is 2.50. The molecule has 1 aliphatic heterocycles. The molecule has 6 N–H and O–H groups in total. The molecule has 10 rings (SSSR count). The van der Waals surface area contributed by atoms with Gasteiger partial charge in [0.05, 0.1) is 46.1 Å². The molecule has 2 aliphatic carbocycles. The van der Waals surface area contributed by atoms with E-state index in [4.69, 9.17) is 29.2 Å². The van der Waals surface area contributed by atoms with Gasteiger partial charge in [0.25, 0.3) is 0 Å². The molecule has 66 heavy (non-hydrogen) atoms. The molecule has 342 valence electrons. The Labute approximate surface area is 387 Å². The van der Waals surface area contributed by atoms with Crippen LogP contribution in [0, 0.1) is 6.92 Å². The fourth-order valence-electron chi connectivity index (χ4n) is 8.63. The summed E-state index contributed by atoms with van der Waals surface area (Å²) in [5.41, 5.74) is 4.78. The number of nitrogens with two attached hydrogens (primary N) is 1. The highest BCUT2D eigenvalue weighted by Crippen LogP contribution is 2.52. The summed E-state index contributed by atoms with van der Waals surface area (Å²) in [7, 11) is 3.14. The Morgan fingerprint density at radius 2 is 1.79 bits per heavy atom. The van der Waals surface area contributed by atoms with E-state index in [0.717, 1.165) is 10.8 Å². The van der Waals surface area contributed by atoms with Crippen LogP contribution in [0.1, 0.15) is 80.3 Å². The lowest BCUT2D eigenvalue weighted by molar-refractivity contribution is -0.222. The number of halogens is 1. The Hall–Kier alpha value is -6.44. The average molecular weight is 1020 g/mol. The van der Waals surface area contributed by atoms with Crippen molar-refractivity contribution >= 4 is 56.4 Å². The number of alkyl halides is 1. The number of phenolic OH excluding ortho intramolecular Hbond substituents is 2. The first kappa shape index (κ1) is 44.7. The van der Waals surface area contributed by atoms with Crippen LogP contribution in [0.4, 0.5) is 0 Å². The standard InChI is InChI=1S/C27H28INO10.C17H14N8O2/c1-10-22(28)13(29)6-17(38-10)39-15-8-27(36,16(31)9-30)7-12-19(15)26(35)21-20(24(12)33)23(32)11-4-3-5-14(37-2)18(11)25(21)34;1-10-7-14(22-27-10)16-20-19-15-12-5-3-4-6-13(12)17(21-25(15)16)26-9-11-8-24(2)23-18-11/h3-5,10,13,15,17,22,30,33,35-36H,6-9,29H2,1-2H3;3-8H,9H2,1-2H3/t10-,13-,15-,17-,22+,27-;/m0./s1. The minimum atomic E-state index is -2.19. The third-order valence-corrected chi connectivity index (χ3v) is 13.8. The number of phenols is 2. The number of ether oxygens (including phenoxy) is 4. The molecular formula is C44H42IN9O12. The van der Waals surface area contributed by atoms with Crippen molar-refractivity contribution in [2.45, 2.75) is 73.8 Å². The van der Waals surface area contributed by atoms with E-state index in [0.29, 0.717) is 34.5 Å². The van der Waals surface area contributed by atoms with Crippen LogP contribution in [0.15, 0.2) is 59.3 Å². The molecule has 0 amide bonds. The van der Waals surface area contributed by atoms with Crippen LogP contribution in [0.5, 0.6) is 23.1 Å². The van der Waals surface area contributed by atoms with Crippen molar-refractivity contribution in [3.8, 4) is 34.6 Å². The second-order valence-electron chi connectivity index (χ2n) is 16.2. The molecule has 1 saturated heterocycles. The Kier molecular flexibility index (Phi) is 11.8. The lowest BCUT2D eigenvalue weighted by Crippen LogP contribution is -2.51. The molecule has 0 unspecified atom stereocenters. The predicted molar refractivity (Wildman–Crippen MR) is 237 cm³/mol. The second kappa shape index (κ2) is 17.4. The molecule has 4 aromatic heterocycles. The van der Waals surface area contributed by atoms with Gasteiger partial charge in [-0.2, -0.15) is 4.52 Å². The summed E-state index contributed by atoms with van der Waals surface area (Å²) in [6.45, 7) is 2.90. The number of hydrogen-bond donors (Lipinski definition) is 5. The number of aromatic hydroxyl groups is 2. The van der Waals surface area contributed by atoms with Gasteiger partial charge in [0.15, 0.2) is 29.2 Å². The quantitative estimate of drug-likeness (QED) is 0.0786. The first-order valence-corrected chi connectivity index (χ1v) is 21.9. The fraction of sp³-hybridized carbons (Fsp3) is 0.341.